The fourth-order valence-electron chi connectivity index (χ4n) is 5.76. The highest BCUT2D eigenvalue weighted by atomic mass is 35.5. The number of ether oxygens (including phenoxy) is 1. The van der Waals surface area contributed by atoms with Crippen molar-refractivity contribution in [2.75, 3.05) is 7.11 Å². The van der Waals surface area contributed by atoms with Crippen LogP contribution in [-0.2, 0) is 21.5 Å². The molecular weight excluding hydrogens is 571 g/mol. The molecule has 1 amide bonds. The lowest BCUT2D eigenvalue weighted by atomic mass is 9.63. The van der Waals surface area contributed by atoms with E-state index >= 15 is 8.78 Å². The standard InChI is InChI=1S/C31H33Cl2F2N3O3/c1-30(2,3)14-24-31(4,20-11-10-18(32)13-22(20)34)25(19-7-6-8-21(33)26(19)35)27(38-24)28(39)37-16-17-9-12-23(36-15-17)29(40)41-5/h6-13,15,24-25,27,38H,14,16H2,1-5H3,(H,37,39)/t24-,25-,27+,31-/m0/s1. The lowest BCUT2D eigenvalue weighted by Gasteiger charge is -2.40. The molecule has 0 saturated carbocycles. The van der Waals surface area contributed by atoms with Crippen LogP contribution in [0.2, 0.25) is 10.0 Å². The summed E-state index contributed by atoms with van der Waals surface area (Å²) in [6, 6.07) is 10.9. The van der Waals surface area contributed by atoms with Gasteiger partial charge in [-0.2, -0.15) is 0 Å². The molecule has 0 spiro atoms. The zero-order valence-electron chi connectivity index (χ0n) is 23.5. The molecule has 1 aliphatic heterocycles. The predicted octanol–water partition coefficient (Wildman–Crippen LogP) is 6.59. The van der Waals surface area contributed by atoms with Crippen LogP contribution in [-0.4, -0.2) is 36.1 Å². The van der Waals surface area contributed by atoms with Gasteiger partial charge in [-0.15, -0.1) is 0 Å². The van der Waals surface area contributed by atoms with E-state index in [4.69, 9.17) is 23.2 Å². The van der Waals surface area contributed by atoms with Crippen LogP contribution >= 0.6 is 23.2 Å². The summed E-state index contributed by atoms with van der Waals surface area (Å²) in [5, 5.41) is 6.50. The maximum absolute atomic E-state index is 15.7. The second kappa shape index (κ2) is 12.0. The van der Waals surface area contributed by atoms with Gasteiger partial charge in [-0.25, -0.2) is 18.6 Å². The van der Waals surface area contributed by atoms with E-state index in [-0.39, 0.29) is 33.3 Å². The lowest BCUT2D eigenvalue weighted by Crippen LogP contribution is -2.45. The Morgan fingerprint density at radius 1 is 1.12 bits per heavy atom. The average molecular weight is 605 g/mol. The van der Waals surface area contributed by atoms with Gasteiger partial charge >= 0.3 is 5.97 Å². The van der Waals surface area contributed by atoms with Gasteiger partial charge in [0, 0.05) is 35.1 Å². The van der Waals surface area contributed by atoms with E-state index in [1.807, 2.05) is 6.92 Å². The van der Waals surface area contributed by atoms with Gasteiger partial charge in [0.05, 0.1) is 18.2 Å². The molecule has 4 atom stereocenters. The maximum Gasteiger partial charge on any atom is 0.356 e. The number of hydrogen-bond acceptors (Lipinski definition) is 5. The molecule has 1 saturated heterocycles. The van der Waals surface area contributed by atoms with E-state index in [1.165, 1.54) is 31.5 Å². The molecule has 10 heteroatoms. The van der Waals surface area contributed by atoms with Gasteiger partial charge in [0.25, 0.3) is 0 Å². The van der Waals surface area contributed by atoms with Crippen LogP contribution in [0.4, 0.5) is 8.78 Å². The highest BCUT2D eigenvalue weighted by Crippen LogP contribution is 2.52. The van der Waals surface area contributed by atoms with Crippen molar-refractivity contribution in [3.63, 3.8) is 0 Å². The van der Waals surface area contributed by atoms with Crippen LogP contribution in [0.5, 0.6) is 0 Å². The largest absolute Gasteiger partial charge is 0.464 e. The minimum atomic E-state index is -1.07. The van der Waals surface area contributed by atoms with Gasteiger partial charge in [-0.1, -0.05) is 75.2 Å². The SMILES string of the molecule is COC(=O)c1ccc(CNC(=O)[C@@H]2N[C@@H](CC(C)(C)C)[C@](C)(c3ccc(Cl)cc3F)[C@H]2c2cccc(Cl)c2F)cn1. The summed E-state index contributed by atoms with van der Waals surface area (Å²) in [4.78, 5) is 29.6. The fourth-order valence-corrected chi connectivity index (χ4v) is 6.10. The number of esters is 1. The first-order valence-corrected chi connectivity index (χ1v) is 14.0. The van der Waals surface area contributed by atoms with Gasteiger partial charge in [-0.3, -0.25) is 4.79 Å². The third kappa shape index (κ3) is 6.40. The minimum Gasteiger partial charge on any atom is -0.464 e. The molecule has 0 unspecified atom stereocenters. The number of halogens is 4. The fraction of sp³-hybridized carbons (Fsp3) is 0.387. The Hall–Kier alpha value is -3.07. The number of nitrogens with zero attached hydrogens (tertiary/aromatic N) is 1. The average Bonchev–Trinajstić information content (AvgIpc) is 3.19. The maximum atomic E-state index is 15.7. The molecule has 41 heavy (non-hydrogen) atoms. The summed E-state index contributed by atoms with van der Waals surface area (Å²) < 4.78 is 36.0. The quantitative estimate of drug-likeness (QED) is 0.298. The molecule has 0 bridgehead atoms. The number of rotatable bonds is 7. The molecule has 2 heterocycles. The van der Waals surface area contributed by atoms with Crippen molar-refractivity contribution in [3.8, 4) is 0 Å². The van der Waals surface area contributed by atoms with E-state index < -0.39 is 46.9 Å². The Bertz CT molecular complexity index is 1450. The predicted molar refractivity (Wildman–Crippen MR) is 155 cm³/mol. The van der Waals surface area contributed by atoms with Crippen LogP contribution in [0, 0.1) is 17.0 Å². The van der Waals surface area contributed by atoms with Crippen LogP contribution in [0.15, 0.2) is 54.7 Å². The van der Waals surface area contributed by atoms with E-state index in [0.29, 0.717) is 17.5 Å². The first kappa shape index (κ1) is 30.9. The van der Waals surface area contributed by atoms with Gasteiger partial charge < -0.3 is 15.4 Å². The van der Waals surface area contributed by atoms with Crippen LogP contribution in [0.25, 0.3) is 0 Å². The van der Waals surface area contributed by atoms with Crippen molar-refractivity contribution in [2.24, 2.45) is 5.41 Å². The normalized spacial score (nSPS) is 22.4. The number of nitrogens with one attached hydrogen (secondary N) is 2. The van der Waals surface area contributed by atoms with Gasteiger partial charge in [0.2, 0.25) is 5.91 Å². The zero-order chi connectivity index (χ0) is 30.1. The summed E-state index contributed by atoms with van der Waals surface area (Å²) in [5.41, 5.74) is 0.0413. The Kier molecular flexibility index (Phi) is 9.07. The second-order valence-corrected chi connectivity index (χ2v) is 12.6. The third-order valence-corrected chi connectivity index (χ3v) is 8.22. The van der Waals surface area contributed by atoms with Crippen LogP contribution in [0.3, 0.4) is 0 Å². The molecule has 1 fully saturated rings. The van der Waals surface area contributed by atoms with E-state index in [0.717, 1.165) is 0 Å². The summed E-state index contributed by atoms with van der Waals surface area (Å²) in [7, 11) is 1.27. The zero-order valence-corrected chi connectivity index (χ0v) is 25.0. The molecule has 2 aromatic carbocycles. The van der Waals surface area contributed by atoms with Crippen molar-refractivity contribution >= 4 is 35.1 Å². The number of aromatic nitrogens is 1. The Labute approximate surface area is 248 Å². The summed E-state index contributed by atoms with van der Waals surface area (Å²) >= 11 is 12.3. The Balaban J connectivity index is 1.77. The number of methoxy groups -OCH3 is 1. The number of pyridine rings is 1. The first-order chi connectivity index (χ1) is 19.3. The molecule has 0 aliphatic carbocycles. The van der Waals surface area contributed by atoms with Crippen molar-refractivity contribution in [1.82, 2.24) is 15.6 Å². The smallest absolute Gasteiger partial charge is 0.356 e. The highest BCUT2D eigenvalue weighted by Gasteiger charge is 2.57. The molecule has 1 aliphatic rings. The first-order valence-electron chi connectivity index (χ1n) is 13.2. The Morgan fingerprint density at radius 3 is 2.46 bits per heavy atom. The molecule has 218 valence electrons. The van der Waals surface area contributed by atoms with Crippen molar-refractivity contribution in [1.29, 1.82) is 0 Å². The van der Waals surface area contributed by atoms with Crippen LogP contribution in [0.1, 0.15) is 67.2 Å². The minimum absolute atomic E-state index is 0.0865. The lowest BCUT2D eigenvalue weighted by molar-refractivity contribution is -0.123. The van der Waals surface area contributed by atoms with Crippen molar-refractivity contribution in [2.45, 2.75) is 64.1 Å². The molecule has 3 aromatic rings. The van der Waals surface area contributed by atoms with Gasteiger partial charge in [0.1, 0.15) is 17.3 Å². The summed E-state index contributed by atoms with van der Waals surface area (Å²) in [6.07, 6.45) is 2.03. The molecule has 6 nitrogen and oxygen atoms in total. The monoisotopic (exact) mass is 603 g/mol. The summed E-state index contributed by atoms with van der Waals surface area (Å²) in [5.74, 6) is -2.99. The molecule has 0 radical (unpaired) electrons. The Morgan fingerprint density at radius 2 is 1.85 bits per heavy atom. The molecular formula is C31H33Cl2F2N3O3. The molecule has 4 rings (SSSR count). The van der Waals surface area contributed by atoms with Crippen molar-refractivity contribution < 1.29 is 23.1 Å². The van der Waals surface area contributed by atoms with E-state index in [1.54, 1.807) is 30.3 Å². The van der Waals surface area contributed by atoms with Crippen molar-refractivity contribution in [3.05, 3.63) is 98.8 Å². The second-order valence-electron chi connectivity index (χ2n) is 11.8. The van der Waals surface area contributed by atoms with E-state index in [2.05, 4.69) is 41.1 Å². The summed E-state index contributed by atoms with van der Waals surface area (Å²) in [6.45, 7) is 8.13. The molecule has 1 aromatic heterocycles. The number of carbonyl (C=O) groups excluding carboxylic acids is 2. The topological polar surface area (TPSA) is 80.3 Å². The number of carbonyl (C=O) groups is 2. The number of hydrogen-bond donors (Lipinski definition) is 2. The highest BCUT2D eigenvalue weighted by molar-refractivity contribution is 6.31. The number of benzene rings is 2. The third-order valence-electron chi connectivity index (χ3n) is 7.70. The van der Waals surface area contributed by atoms with Crippen LogP contribution < -0.4 is 10.6 Å². The van der Waals surface area contributed by atoms with Gasteiger partial charge in [-0.05, 0) is 52.8 Å². The number of amides is 1. The van der Waals surface area contributed by atoms with E-state index in [9.17, 15) is 9.59 Å². The molecule has 2 N–H and O–H groups in total. The van der Waals surface area contributed by atoms with Gasteiger partial charge in [0.15, 0.2) is 0 Å².